The molecule has 1 saturated carbocycles. The van der Waals surface area contributed by atoms with Crippen LogP contribution in [0.2, 0.25) is 0 Å². The molecule has 0 saturated heterocycles. The van der Waals surface area contributed by atoms with Crippen molar-refractivity contribution in [3.8, 4) is 0 Å². The van der Waals surface area contributed by atoms with Gasteiger partial charge in [-0.2, -0.15) is 5.10 Å². The van der Waals surface area contributed by atoms with Crippen molar-refractivity contribution >= 4 is 0 Å². The first-order chi connectivity index (χ1) is 9.49. The van der Waals surface area contributed by atoms with Crippen LogP contribution in [0.3, 0.4) is 0 Å². The van der Waals surface area contributed by atoms with Crippen molar-refractivity contribution in [2.24, 2.45) is 11.8 Å². The molecule has 0 radical (unpaired) electrons. The molecule has 0 spiro atoms. The average Bonchev–Trinajstić information content (AvgIpc) is 2.90. The molecule has 0 bridgehead atoms. The van der Waals surface area contributed by atoms with E-state index >= 15 is 0 Å². The first-order valence-electron chi connectivity index (χ1n) is 8.29. The first-order valence-corrected chi connectivity index (χ1v) is 8.29. The van der Waals surface area contributed by atoms with E-state index in [1.165, 1.54) is 36.2 Å². The van der Waals surface area contributed by atoms with E-state index in [1.54, 1.807) is 0 Å². The standard InChI is InChI=1S/C17H31N3/c1-7-15-9-10-16(11(15)3)18-12(4)17-13(5)19-20(8-2)14(17)6/h11-12,15-16,18H,7-10H2,1-6H3. The largest absolute Gasteiger partial charge is 0.307 e. The zero-order chi connectivity index (χ0) is 14.9. The summed E-state index contributed by atoms with van der Waals surface area (Å²) in [5.74, 6) is 1.70. The quantitative estimate of drug-likeness (QED) is 0.881. The molecule has 114 valence electrons. The van der Waals surface area contributed by atoms with Gasteiger partial charge in [-0.25, -0.2) is 0 Å². The summed E-state index contributed by atoms with van der Waals surface area (Å²) in [6.07, 6.45) is 4.03. The maximum absolute atomic E-state index is 4.65. The van der Waals surface area contributed by atoms with Crippen LogP contribution in [-0.4, -0.2) is 15.8 Å². The maximum Gasteiger partial charge on any atom is 0.0644 e. The second kappa shape index (κ2) is 6.30. The molecule has 1 aromatic rings. The fourth-order valence-corrected chi connectivity index (χ4v) is 4.11. The van der Waals surface area contributed by atoms with Crippen LogP contribution in [0.1, 0.15) is 70.0 Å². The minimum Gasteiger partial charge on any atom is -0.307 e. The van der Waals surface area contributed by atoms with Crippen LogP contribution >= 0.6 is 0 Å². The molecular formula is C17H31N3. The predicted molar refractivity (Wildman–Crippen MR) is 84.9 cm³/mol. The van der Waals surface area contributed by atoms with Crippen molar-refractivity contribution in [1.82, 2.24) is 15.1 Å². The zero-order valence-electron chi connectivity index (χ0n) is 14.0. The Morgan fingerprint density at radius 3 is 2.50 bits per heavy atom. The van der Waals surface area contributed by atoms with E-state index in [2.05, 4.69) is 56.6 Å². The van der Waals surface area contributed by atoms with Crippen LogP contribution in [0.4, 0.5) is 0 Å². The summed E-state index contributed by atoms with van der Waals surface area (Å²) in [6, 6.07) is 1.07. The number of aryl methyl sites for hydroxylation is 2. The van der Waals surface area contributed by atoms with Crippen molar-refractivity contribution in [2.45, 2.75) is 79.4 Å². The molecule has 0 aliphatic heterocycles. The molecule has 0 amide bonds. The molecule has 1 fully saturated rings. The minimum atomic E-state index is 0.401. The highest BCUT2D eigenvalue weighted by molar-refractivity contribution is 5.28. The van der Waals surface area contributed by atoms with Gasteiger partial charge < -0.3 is 5.32 Å². The Bertz CT molecular complexity index is 449. The van der Waals surface area contributed by atoms with E-state index in [0.29, 0.717) is 12.1 Å². The lowest BCUT2D eigenvalue weighted by molar-refractivity contribution is 0.327. The number of nitrogens with one attached hydrogen (secondary N) is 1. The number of hydrogen-bond acceptors (Lipinski definition) is 2. The van der Waals surface area contributed by atoms with Crippen molar-refractivity contribution in [3.05, 3.63) is 17.0 Å². The van der Waals surface area contributed by atoms with Gasteiger partial charge >= 0.3 is 0 Å². The predicted octanol–water partition coefficient (Wildman–Crippen LogP) is 4.00. The van der Waals surface area contributed by atoms with Gasteiger partial charge in [-0.05, 0) is 52.4 Å². The Labute approximate surface area is 124 Å². The minimum absolute atomic E-state index is 0.401. The average molecular weight is 277 g/mol. The van der Waals surface area contributed by atoms with Gasteiger partial charge in [0.1, 0.15) is 0 Å². The van der Waals surface area contributed by atoms with Crippen molar-refractivity contribution in [3.63, 3.8) is 0 Å². The summed E-state index contributed by atoms with van der Waals surface area (Å²) < 4.78 is 2.12. The Hall–Kier alpha value is -0.830. The summed E-state index contributed by atoms with van der Waals surface area (Å²) >= 11 is 0. The maximum atomic E-state index is 4.65. The zero-order valence-corrected chi connectivity index (χ0v) is 14.0. The Balaban J connectivity index is 2.09. The molecule has 1 aliphatic carbocycles. The van der Waals surface area contributed by atoms with Gasteiger partial charge in [0.2, 0.25) is 0 Å². The normalized spacial score (nSPS) is 28.0. The molecule has 3 nitrogen and oxygen atoms in total. The lowest BCUT2D eigenvalue weighted by Crippen LogP contribution is -2.35. The van der Waals surface area contributed by atoms with Crippen LogP contribution in [0.15, 0.2) is 0 Å². The van der Waals surface area contributed by atoms with Crippen LogP contribution in [0.25, 0.3) is 0 Å². The molecule has 20 heavy (non-hydrogen) atoms. The molecule has 3 heteroatoms. The molecule has 1 N–H and O–H groups in total. The van der Waals surface area contributed by atoms with E-state index < -0.39 is 0 Å². The lowest BCUT2D eigenvalue weighted by atomic mass is 9.93. The molecular weight excluding hydrogens is 246 g/mol. The van der Waals surface area contributed by atoms with E-state index in [0.717, 1.165) is 18.4 Å². The molecule has 1 aliphatic rings. The summed E-state index contributed by atoms with van der Waals surface area (Å²) in [4.78, 5) is 0. The number of nitrogens with zero attached hydrogens (tertiary/aromatic N) is 2. The highest BCUT2D eigenvalue weighted by Crippen LogP contribution is 2.35. The van der Waals surface area contributed by atoms with Gasteiger partial charge in [0.25, 0.3) is 0 Å². The molecule has 2 rings (SSSR count). The number of hydrogen-bond donors (Lipinski definition) is 1. The summed E-state index contributed by atoms with van der Waals surface area (Å²) in [5.41, 5.74) is 3.91. The highest BCUT2D eigenvalue weighted by Gasteiger charge is 2.32. The Morgan fingerprint density at radius 1 is 1.30 bits per heavy atom. The summed E-state index contributed by atoms with van der Waals surface area (Å²) in [7, 11) is 0. The summed E-state index contributed by atoms with van der Waals surface area (Å²) in [6.45, 7) is 14.5. The Morgan fingerprint density at radius 2 is 2.00 bits per heavy atom. The lowest BCUT2D eigenvalue weighted by Gasteiger charge is -2.25. The molecule has 0 aromatic carbocycles. The number of rotatable bonds is 5. The third kappa shape index (κ3) is 2.78. The fraction of sp³-hybridized carbons (Fsp3) is 0.824. The summed E-state index contributed by atoms with van der Waals surface area (Å²) in [5, 5.41) is 8.53. The van der Waals surface area contributed by atoms with E-state index in [9.17, 15) is 0 Å². The second-order valence-corrected chi connectivity index (χ2v) is 6.50. The van der Waals surface area contributed by atoms with Gasteiger partial charge in [-0.1, -0.05) is 20.3 Å². The monoisotopic (exact) mass is 277 g/mol. The number of aromatic nitrogens is 2. The van der Waals surface area contributed by atoms with Gasteiger partial charge in [-0.15, -0.1) is 0 Å². The van der Waals surface area contributed by atoms with E-state index in [1.807, 2.05) is 0 Å². The van der Waals surface area contributed by atoms with Gasteiger partial charge in [0.15, 0.2) is 0 Å². The highest BCUT2D eigenvalue weighted by atomic mass is 15.3. The van der Waals surface area contributed by atoms with Crippen molar-refractivity contribution in [1.29, 1.82) is 0 Å². The van der Waals surface area contributed by atoms with E-state index in [-0.39, 0.29) is 0 Å². The smallest absolute Gasteiger partial charge is 0.0644 e. The molecule has 1 aromatic heterocycles. The first kappa shape index (κ1) is 15.6. The van der Waals surface area contributed by atoms with Gasteiger partial charge in [-0.3, -0.25) is 4.68 Å². The third-order valence-corrected chi connectivity index (χ3v) is 5.39. The SMILES string of the molecule is CCC1CCC(NC(C)c2c(C)nn(CC)c2C)C1C. The molecule has 4 atom stereocenters. The van der Waals surface area contributed by atoms with Gasteiger partial charge in [0.05, 0.1) is 5.69 Å². The fourth-order valence-electron chi connectivity index (χ4n) is 4.11. The second-order valence-electron chi connectivity index (χ2n) is 6.50. The van der Waals surface area contributed by atoms with Crippen LogP contribution in [0, 0.1) is 25.7 Å². The molecule has 4 unspecified atom stereocenters. The van der Waals surface area contributed by atoms with Gasteiger partial charge in [0, 0.05) is 29.9 Å². The van der Waals surface area contributed by atoms with Crippen LogP contribution < -0.4 is 5.32 Å². The van der Waals surface area contributed by atoms with E-state index in [4.69, 9.17) is 0 Å². The molecule has 1 heterocycles. The Kier molecular flexibility index (Phi) is 4.90. The van der Waals surface area contributed by atoms with Crippen LogP contribution in [0.5, 0.6) is 0 Å². The van der Waals surface area contributed by atoms with Crippen molar-refractivity contribution in [2.75, 3.05) is 0 Å². The third-order valence-electron chi connectivity index (χ3n) is 5.39. The topological polar surface area (TPSA) is 29.9 Å². The van der Waals surface area contributed by atoms with Crippen molar-refractivity contribution < 1.29 is 0 Å². The van der Waals surface area contributed by atoms with Crippen LogP contribution in [-0.2, 0) is 6.54 Å².